The van der Waals surface area contributed by atoms with Crippen molar-refractivity contribution >= 4 is 11.9 Å². The summed E-state index contributed by atoms with van der Waals surface area (Å²) in [7, 11) is 2.47. The smallest absolute Gasteiger partial charge is 0.341 e. The van der Waals surface area contributed by atoms with E-state index in [-0.39, 0.29) is 49.1 Å². The van der Waals surface area contributed by atoms with Gasteiger partial charge in [0.1, 0.15) is 60.6 Å². The molecule has 2 aromatic carbocycles. The quantitative estimate of drug-likeness (QED) is 0.438. The van der Waals surface area contributed by atoms with Crippen LogP contribution >= 0.6 is 0 Å². The summed E-state index contributed by atoms with van der Waals surface area (Å²) in [5.41, 5.74) is 0.0825. The Hall–Kier alpha value is -3.66. The van der Waals surface area contributed by atoms with E-state index in [1.165, 1.54) is 26.4 Å². The molecule has 0 aromatic heterocycles. The number of hydrogen-bond acceptors (Lipinski definition) is 14. The topological polar surface area (TPSA) is 145 Å². The zero-order valence-corrected chi connectivity index (χ0v) is 26.5. The second kappa shape index (κ2) is 22.8. The highest BCUT2D eigenvalue weighted by Crippen LogP contribution is 2.31. The van der Waals surface area contributed by atoms with Gasteiger partial charge < -0.3 is 56.8 Å². The van der Waals surface area contributed by atoms with Crippen LogP contribution in [0.1, 0.15) is 20.7 Å². The molecule has 1 heterocycles. The molecule has 14 nitrogen and oxygen atoms in total. The zero-order chi connectivity index (χ0) is 32.7. The Morgan fingerprint density at radius 3 is 1.13 bits per heavy atom. The van der Waals surface area contributed by atoms with E-state index >= 15 is 0 Å². The number of carbonyl (C=O) groups is 2. The second-order valence-electron chi connectivity index (χ2n) is 9.37. The fourth-order valence-corrected chi connectivity index (χ4v) is 3.93. The van der Waals surface area contributed by atoms with E-state index in [1.807, 2.05) is 24.3 Å². The van der Waals surface area contributed by atoms with Crippen LogP contribution in [0.15, 0.2) is 36.4 Å². The van der Waals surface area contributed by atoms with E-state index in [0.717, 1.165) is 0 Å². The summed E-state index contributed by atoms with van der Waals surface area (Å²) in [6.07, 6.45) is 0. The number of methoxy groups -OCH3 is 2. The fraction of sp³-hybridized carbons (Fsp3) is 0.562. The van der Waals surface area contributed by atoms with Gasteiger partial charge in [-0.2, -0.15) is 0 Å². The molecule has 0 saturated carbocycles. The van der Waals surface area contributed by atoms with Crippen LogP contribution in [-0.2, 0) is 37.9 Å². The van der Waals surface area contributed by atoms with Gasteiger partial charge in [-0.1, -0.05) is 6.07 Å². The van der Waals surface area contributed by atoms with E-state index in [9.17, 15) is 9.59 Å². The van der Waals surface area contributed by atoms with Gasteiger partial charge in [-0.15, -0.1) is 0 Å². The maximum absolute atomic E-state index is 12.4. The first kappa shape index (κ1) is 36.8. The van der Waals surface area contributed by atoms with E-state index in [2.05, 4.69) is 0 Å². The summed E-state index contributed by atoms with van der Waals surface area (Å²) in [5, 5.41) is 0. The Morgan fingerprint density at radius 2 is 0.783 bits per heavy atom. The molecule has 256 valence electrons. The standard InChI is InChI=1S/C32H44O14/c1-35-31(33)27-23-28(32(34)36-2)30-24-29(27)45-20-16-41-12-8-37-6-10-39-14-18-43-25-4-3-5-26(22-25)44-19-15-40-11-7-38-9-13-42-17-21-46-30/h3-5,22-24H,6-21H2,1-2H3. The van der Waals surface area contributed by atoms with Crippen LogP contribution in [0.5, 0.6) is 23.0 Å². The van der Waals surface area contributed by atoms with Gasteiger partial charge >= 0.3 is 11.9 Å². The van der Waals surface area contributed by atoms with Crippen molar-refractivity contribution in [3.05, 3.63) is 47.5 Å². The minimum atomic E-state index is -0.686. The van der Waals surface area contributed by atoms with Crippen molar-refractivity contribution < 1.29 is 66.4 Å². The lowest BCUT2D eigenvalue weighted by molar-refractivity contribution is 0.00424. The molecule has 3 rings (SSSR count). The molecule has 0 N–H and O–H groups in total. The third kappa shape index (κ3) is 14.2. The molecule has 4 bridgehead atoms. The Bertz CT molecular complexity index is 1080. The van der Waals surface area contributed by atoms with Gasteiger partial charge in [0.25, 0.3) is 0 Å². The lowest BCUT2D eigenvalue weighted by atomic mass is 10.1. The van der Waals surface area contributed by atoms with E-state index in [1.54, 1.807) is 0 Å². The third-order valence-corrected chi connectivity index (χ3v) is 6.15. The molecule has 1 aliphatic rings. The number of esters is 2. The number of benzene rings is 2. The molecule has 0 spiro atoms. The van der Waals surface area contributed by atoms with Crippen LogP contribution in [0, 0.1) is 0 Å². The van der Waals surface area contributed by atoms with Gasteiger partial charge in [-0.25, -0.2) is 9.59 Å². The average Bonchev–Trinajstić information content (AvgIpc) is 3.07. The van der Waals surface area contributed by atoms with Crippen LogP contribution in [0.25, 0.3) is 0 Å². The Labute approximate surface area is 268 Å². The van der Waals surface area contributed by atoms with Crippen LogP contribution < -0.4 is 18.9 Å². The van der Waals surface area contributed by atoms with E-state index < -0.39 is 11.9 Å². The highest BCUT2D eigenvalue weighted by atomic mass is 16.6. The summed E-state index contributed by atoms with van der Waals surface area (Å²) in [6, 6.07) is 10.1. The first-order valence-corrected chi connectivity index (χ1v) is 15.0. The first-order valence-electron chi connectivity index (χ1n) is 15.0. The van der Waals surface area contributed by atoms with Crippen LogP contribution in [-0.4, -0.2) is 132 Å². The molecule has 46 heavy (non-hydrogen) atoms. The van der Waals surface area contributed by atoms with Crippen molar-refractivity contribution in [3.8, 4) is 23.0 Å². The monoisotopic (exact) mass is 652 g/mol. The van der Waals surface area contributed by atoms with Crippen LogP contribution in [0.2, 0.25) is 0 Å². The minimum absolute atomic E-state index is 0.0413. The van der Waals surface area contributed by atoms with E-state index in [0.29, 0.717) is 90.8 Å². The minimum Gasteiger partial charge on any atom is -0.491 e. The number of hydrogen-bond donors (Lipinski definition) is 0. The van der Waals surface area contributed by atoms with Crippen molar-refractivity contribution in [2.24, 2.45) is 0 Å². The van der Waals surface area contributed by atoms with E-state index in [4.69, 9.17) is 56.8 Å². The molecule has 1 aliphatic heterocycles. The van der Waals surface area contributed by atoms with Gasteiger partial charge in [0.2, 0.25) is 0 Å². The second-order valence-corrected chi connectivity index (χ2v) is 9.37. The van der Waals surface area contributed by atoms with Gasteiger partial charge in [0, 0.05) is 12.1 Å². The van der Waals surface area contributed by atoms with Crippen molar-refractivity contribution in [2.45, 2.75) is 0 Å². The first-order chi connectivity index (χ1) is 22.6. The molecule has 0 aliphatic carbocycles. The highest BCUT2D eigenvalue weighted by Gasteiger charge is 2.23. The van der Waals surface area contributed by atoms with Crippen molar-refractivity contribution in [1.82, 2.24) is 0 Å². The molecule has 0 saturated heterocycles. The molecular formula is C32H44O14. The predicted molar refractivity (Wildman–Crippen MR) is 162 cm³/mol. The van der Waals surface area contributed by atoms with Gasteiger partial charge in [-0.05, 0) is 18.2 Å². The lowest BCUT2D eigenvalue weighted by Crippen LogP contribution is -2.17. The predicted octanol–water partition coefficient (Wildman–Crippen LogP) is 2.59. The molecular weight excluding hydrogens is 608 g/mol. The Balaban J connectivity index is 1.52. The summed E-state index contributed by atoms with van der Waals surface area (Å²) in [4.78, 5) is 24.9. The SMILES string of the molecule is COC(=O)c1cc(C(=O)OC)c2cc1OCCOCCOCCOCCOc1cccc(c1)OCCOCCOCCOCCO2. The van der Waals surface area contributed by atoms with Crippen LogP contribution in [0.4, 0.5) is 0 Å². The maximum Gasteiger partial charge on any atom is 0.341 e. The van der Waals surface area contributed by atoms with Gasteiger partial charge in [0.15, 0.2) is 0 Å². The number of rotatable bonds is 2. The lowest BCUT2D eigenvalue weighted by Gasteiger charge is -2.16. The fourth-order valence-electron chi connectivity index (χ4n) is 3.93. The Kier molecular flexibility index (Phi) is 18.2. The molecule has 0 unspecified atom stereocenters. The molecule has 0 fully saturated rings. The maximum atomic E-state index is 12.4. The van der Waals surface area contributed by atoms with Gasteiger partial charge in [-0.3, -0.25) is 0 Å². The van der Waals surface area contributed by atoms with Crippen molar-refractivity contribution in [3.63, 3.8) is 0 Å². The number of fused-ring (bicyclic) bond motifs is 4. The normalized spacial score (nSPS) is 17.6. The third-order valence-electron chi connectivity index (χ3n) is 6.15. The van der Waals surface area contributed by atoms with Gasteiger partial charge in [0.05, 0.1) is 93.5 Å². The average molecular weight is 653 g/mol. The summed E-state index contributed by atoms with van der Waals surface area (Å²) < 4.78 is 66.1. The van der Waals surface area contributed by atoms with Crippen molar-refractivity contribution in [1.29, 1.82) is 0 Å². The number of carbonyl (C=O) groups excluding carboxylic acids is 2. The summed E-state index contributed by atoms with van der Waals surface area (Å²) in [5.74, 6) is 0.332. The molecule has 0 radical (unpaired) electrons. The molecule has 0 amide bonds. The largest absolute Gasteiger partial charge is 0.491 e. The molecule has 14 heteroatoms. The highest BCUT2D eigenvalue weighted by molar-refractivity contribution is 5.99. The summed E-state index contributed by atoms with van der Waals surface area (Å²) in [6.45, 7) is 5.30. The zero-order valence-electron chi connectivity index (χ0n) is 26.5. The summed E-state index contributed by atoms with van der Waals surface area (Å²) >= 11 is 0. The van der Waals surface area contributed by atoms with Crippen molar-refractivity contribution in [2.75, 3.05) is 120 Å². The Morgan fingerprint density at radius 1 is 0.457 bits per heavy atom. The van der Waals surface area contributed by atoms with Crippen LogP contribution in [0.3, 0.4) is 0 Å². The molecule has 0 atom stereocenters. The number of ether oxygens (including phenoxy) is 12. The molecule has 2 aromatic rings.